The highest BCUT2D eigenvalue weighted by atomic mass is 28.4. The Morgan fingerprint density at radius 2 is 1.70 bits per heavy atom. The van der Waals surface area contributed by atoms with Crippen LogP contribution in [0, 0.1) is 11.9 Å². The van der Waals surface area contributed by atoms with Crippen molar-refractivity contribution in [3.05, 3.63) is 65.2 Å². The summed E-state index contributed by atoms with van der Waals surface area (Å²) in [4.78, 5) is 19.1. The van der Waals surface area contributed by atoms with E-state index in [0.29, 0.717) is 6.04 Å². The first-order valence-corrected chi connectivity index (χ1v) is 15.1. The van der Waals surface area contributed by atoms with Crippen molar-refractivity contribution < 1.29 is 13.6 Å². The Labute approximate surface area is 198 Å². The maximum atomic E-state index is 14.1. The van der Waals surface area contributed by atoms with Gasteiger partial charge >= 0.3 is 0 Å². The van der Waals surface area contributed by atoms with E-state index in [1.54, 1.807) is 12.1 Å². The molecule has 0 amide bonds. The second-order valence-corrected chi connectivity index (χ2v) is 15.9. The van der Waals surface area contributed by atoms with Gasteiger partial charge < -0.3 is 4.43 Å². The molecule has 2 heterocycles. The van der Waals surface area contributed by atoms with E-state index in [2.05, 4.69) is 68.0 Å². The molecule has 0 N–H and O–H groups in total. The summed E-state index contributed by atoms with van der Waals surface area (Å²) in [5.41, 5.74) is 2.93. The van der Waals surface area contributed by atoms with Crippen LogP contribution in [0.4, 0.5) is 4.39 Å². The number of hydrogen-bond acceptors (Lipinski definition) is 4. The number of pyridine rings is 1. The molecule has 0 saturated carbocycles. The van der Waals surface area contributed by atoms with Crippen molar-refractivity contribution in [2.75, 3.05) is 13.1 Å². The third kappa shape index (κ3) is 5.13. The third-order valence-electron chi connectivity index (χ3n) is 8.04. The maximum Gasteiger partial charge on any atom is 0.223 e. The van der Waals surface area contributed by atoms with E-state index >= 15 is 0 Å². The predicted octanol–water partition coefficient (Wildman–Crippen LogP) is 5.67. The Hall–Kier alpha value is -1.89. The average molecular weight is 469 g/mol. The van der Waals surface area contributed by atoms with Gasteiger partial charge in [-0.3, -0.25) is 9.69 Å². The number of benzene rings is 1. The number of Topliss-reactive ketones (excluding diaryl/α,β-unsaturated/α-hetero) is 1. The number of halogens is 1. The first kappa shape index (κ1) is 24.2. The van der Waals surface area contributed by atoms with Crippen LogP contribution in [0.3, 0.4) is 0 Å². The van der Waals surface area contributed by atoms with Crippen LogP contribution in [-0.2, 0) is 17.3 Å². The molecule has 33 heavy (non-hydrogen) atoms. The zero-order valence-electron chi connectivity index (χ0n) is 20.6. The Morgan fingerprint density at radius 1 is 1.06 bits per heavy atom. The molecule has 1 fully saturated rings. The monoisotopic (exact) mass is 468 g/mol. The summed E-state index contributed by atoms with van der Waals surface area (Å²) in [7, 11) is -1.93. The number of rotatable bonds is 5. The smallest absolute Gasteiger partial charge is 0.223 e. The number of piperidine rings is 1. The molecule has 1 aliphatic heterocycles. The molecule has 1 saturated heterocycles. The Bertz CT molecular complexity index is 996. The molecule has 178 valence electrons. The lowest BCUT2D eigenvalue weighted by molar-refractivity contribution is 0.0298. The zero-order chi connectivity index (χ0) is 23.8. The minimum absolute atomic E-state index is 0.108. The number of fused-ring (bicyclic) bond motifs is 1. The van der Waals surface area contributed by atoms with Gasteiger partial charge in [-0.1, -0.05) is 45.0 Å². The molecular weight excluding hydrogens is 431 g/mol. The van der Waals surface area contributed by atoms with Crippen molar-refractivity contribution in [1.82, 2.24) is 9.88 Å². The summed E-state index contributed by atoms with van der Waals surface area (Å²) in [6, 6.07) is 12.2. The van der Waals surface area contributed by atoms with Gasteiger partial charge in [0.1, 0.15) is 0 Å². The third-order valence-corrected chi connectivity index (χ3v) is 12.5. The molecule has 2 aromatic rings. The molecule has 1 aromatic carbocycles. The highest BCUT2D eigenvalue weighted by Crippen LogP contribution is 2.40. The Balaban J connectivity index is 1.50. The summed E-state index contributed by atoms with van der Waals surface area (Å²) in [6.07, 6.45) is 4.95. The molecule has 0 spiro atoms. The molecule has 6 heteroatoms. The molecule has 0 radical (unpaired) electrons. The number of nitrogens with zero attached hydrogens (tertiary/aromatic N) is 2. The first-order valence-electron chi connectivity index (χ1n) is 12.2. The van der Waals surface area contributed by atoms with Crippen LogP contribution in [0.2, 0.25) is 18.1 Å². The second-order valence-electron chi connectivity index (χ2n) is 11.2. The summed E-state index contributed by atoms with van der Waals surface area (Å²) in [6.45, 7) is 13.2. The van der Waals surface area contributed by atoms with Crippen LogP contribution in [0.25, 0.3) is 0 Å². The lowest BCUT2D eigenvalue weighted by atomic mass is 9.83. The van der Waals surface area contributed by atoms with Crippen molar-refractivity contribution in [1.29, 1.82) is 0 Å². The van der Waals surface area contributed by atoms with Gasteiger partial charge in [0.2, 0.25) is 5.95 Å². The van der Waals surface area contributed by atoms with E-state index < -0.39 is 14.3 Å². The van der Waals surface area contributed by atoms with Gasteiger partial charge in [-0.25, -0.2) is 4.98 Å². The van der Waals surface area contributed by atoms with Gasteiger partial charge in [0, 0.05) is 18.2 Å². The zero-order valence-corrected chi connectivity index (χ0v) is 21.6. The number of likely N-dealkylation sites (tertiary alicyclic amines) is 1. The molecular formula is C27H37FN2O2Si. The van der Waals surface area contributed by atoms with Crippen molar-refractivity contribution in [3.63, 3.8) is 0 Å². The first-order chi connectivity index (χ1) is 15.6. The highest BCUT2D eigenvalue weighted by Gasteiger charge is 2.44. The second kappa shape index (κ2) is 9.39. The fourth-order valence-corrected chi connectivity index (χ4v) is 6.34. The van der Waals surface area contributed by atoms with E-state index in [1.807, 2.05) is 0 Å². The maximum absolute atomic E-state index is 14.1. The molecule has 2 atom stereocenters. The van der Waals surface area contributed by atoms with Gasteiger partial charge in [0.25, 0.3) is 0 Å². The van der Waals surface area contributed by atoms with Gasteiger partial charge in [-0.15, -0.1) is 0 Å². The Morgan fingerprint density at radius 3 is 2.30 bits per heavy atom. The normalized spacial score (nSPS) is 22.7. The van der Waals surface area contributed by atoms with Crippen LogP contribution < -0.4 is 0 Å². The molecule has 2 aliphatic rings. The highest BCUT2D eigenvalue weighted by molar-refractivity contribution is 6.74. The number of ketones is 1. The number of aromatic nitrogens is 1. The van der Waals surface area contributed by atoms with Crippen LogP contribution in [0.15, 0.2) is 42.6 Å². The molecule has 2 unspecified atom stereocenters. The molecule has 1 aliphatic carbocycles. The van der Waals surface area contributed by atoms with E-state index in [-0.39, 0.29) is 28.4 Å². The minimum atomic E-state index is -1.93. The van der Waals surface area contributed by atoms with Crippen LogP contribution in [0.5, 0.6) is 0 Å². The quantitative estimate of drug-likeness (QED) is 0.322. The number of hydrogen-bond donors (Lipinski definition) is 0. The van der Waals surface area contributed by atoms with Gasteiger partial charge in [-0.05, 0) is 80.2 Å². The Kier molecular flexibility index (Phi) is 6.90. The molecule has 0 bridgehead atoms. The summed E-state index contributed by atoms with van der Waals surface area (Å²) in [5, 5.41) is 0.154. The standard InChI is InChI=1S/C27H37FN2O2Si/c1-27(2,3)33(4,5)32-24-18-21-10-7-6-9-20(21)17-23(24)30-15-12-19(13-16-30)25(31)22-11-8-14-29-26(22)28/h6-11,14,19,23-24H,12-13,15-18H2,1-5H3. The van der Waals surface area contributed by atoms with Gasteiger partial charge in [0.05, 0.1) is 11.7 Å². The summed E-state index contributed by atoms with van der Waals surface area (Å²) >= 11 is 0. The fourth-order valence-electron chi connectivity index (χ4n) is 4.99. The topological polar surface area (TPSA) is 42.4 Å². The van der Waals surface area contributed by atoms with Crippen LogP contribution in [-0.4, -0.2) is 49.2 Å². The lowest BCUT2D eigenvalue weighted by Crippen LogP contribution is -2.56. The lowest BCUT2D eigenvalue weighted by Gasteiger charge is -2.47. The largest absolute Gasteiger partial charge is 0.412 e. The predicted molar refractivity (Wildman–Crippen MR) is 133 cm³/mol. The van der Waals surface area contributed by atoms with Crippen molar-refractivity contribution in [2.45, 2.75) is 76.7 Å². The van der Waals surface area contributed by atoms with E-state index in [1.165, 1.54) is 17.3 Å². The van der Waals surface area contributed by atoms with Crippen LogP contribution >= 0.6 is 0 Å². The van der Waals surface area contributed by atoms with E-state index in [4.69, 9.17) is 4.43 Å². The minimum Gasteiger partial charge on any atom is -0.412 e. The van der Waals surface area contributed by atoms with Crippen LogP contribution in [0.1, 0.15) is 55.1 Å². The van der Waals surface area contributed by atoms with Crippen molar-refractivity contribution >= 4 is 14.1 Å². The average Bonchev–Trinajstić information content (AvgIpc) is 2.78. The molecule has 1 aromatic heterocycles. The summed E-state index contributed by atoms with van der Waals surface area (Å²) < 4.78 is 21.1. The van der Waals surface area contributed by atoms with E-state index in [0.717, 1.165) is 38.8 Å². The molecule has 4 nitrogen and oxygen atoms in total. The van der Waals surface area contributed by atoms with E-state index in [9.17, 15) is 9.18 Å². The SMILES string of the molecule is CC(C)(C)[Si](C)(C)OC1Cc2ccccc2CC1N1CCC(C(=O)c2cccnc2F)CC1. The number of carbonyl (C=O) groups is 1. The van der Waals surface area contributed by atoms with Gasteiger partial charge in [-0.2, -0.15) is 4.39 Å². The van der Waals surface area contributed by atoms with Gasteiger partial charge in [0.15, 0.2) is 14.1 Å². The fraction of sp³-hybridized carbons (Fsp3) is 0.556. The van der Waals surface area contributed by atoms with Crippen molar-refractivity contribution in [3.8, 4) is 0 Å². The number of carbonyl (C=O) groups excluding carboxylic acids is 1. The summed E-state index contributed by atoms with van der Waals surface area (Å²) in [5.74, 6) is -0.907. The van der Waals surface area contributed by atoms with Crippen molar-refractivity contribution in [2.24, 2.45) is 5.92 Å². The molecule has 4 rings (SSSR count).